The SMILES string of the molecule is CCOC(=O)c1sc(NC(=O)COc2cccc([N+](=O)[O-])c2)c(C(=O)OCC)c1C. The van der Waals surface area contributed by atoms with E-state index in [2.05, 4.69) is 5.32 Å². The Bertz CT molecular complexity index is 969. The van der Waals surface area contributed by atoms with Gasteiger partial charge in [-0.1, -0.05) is 6.07 Å². The minimum Gasteiger partial charge on any atom is -0.484 e. The Morgan fingerprint density at radius 1 is 1.13 bits per heavy atom. The van der Waals surface area contributed by atoms with Crippen LogP contribution >= 0.6 is 11.3 Å². The van der Waals surface area contributed by atoms with Crippen LogP contribution in [0.3, 0.4) is 0 Å². The Kier molecular flexibility index (Phi) is 7.87. The molecule has 0 saturated heterocycles. The van der Waals surface area contributed by atoms with Crippen molar-refractivity contribution in [2.75, 3.05) is 25.1 Å². The predicted octanol–water partition coefficient (Wildman–Crippen LogP) is 3.34. The topological polar surface area (TPSA) is 134 Å². The minimum atomic E-state index is -0.684. The molecule has 0 fully saturated rings. The summed E-state index contributed by atoms with van der Waals surface area (Å²) < 4.78 is 15.3. The van der Waals surface area contributed by atoms with Crippen LogP contribution in [0.15, 0.2) is 24.3 Å². The Hall–Kier alpha value is -3.47. The van der Waals surface area contributed by atoms with Gasteiger partial charge in [-0.15, -0.1) is 11.3 Å². The van der Waals surface area contributed by atoms with Crippen LogP contribution in [0, 0.1) is 17.0 Å². The zero-order valence-electron chi connectivity index (χ0n) is 16.6. The van der Waals surface area contributed by atoms with Gasteiger partial charge in [-0.05, 0) is 32.4 Å². The molecule has 0 radical (unpaired) electrons. The van der Waals surface area contributed by atoms with E-state index < -0.39 is 29.4 Å². The number of ether oxygens (including phenoxy) is 3. The number of carbonyl (C=O) groups excluding carboxylic acids is 3. The van der Waals surface area contributed by atoms with Gasteiger partial charge in [0.05, 0.1) is 29.8 Å². The lowest BCUT2D eigenvalue weighted by Gasteiger charge is -2.08. The van der Waals surface area contributed by atoms with Gasteiger partial charge in [0.2, 0.25) is 0 Å². The van der Waals surface area contributed by atoms with Gasteiger partial charge in [0.25, 0.3) is 11.6 Å². The number of nitrogens with zero attached hydrogens (tertiary/aromatic N) is 1. The molecule has 1 amide bonds. The Balaban J connectivity index is 2.19. The summed E-state index contributed by atoms with van der Waals surface area (Å²) in [5.41, 5.74) is 0.228. The van der Waals surface area contributed by atoms with Crippen molar-refractivity contribution < 1.29 is 33.5 Å². The lowest BCUT2D eigenvalue weighted by molar-refractivity contribution is -0.384. The number of benzene rings is 1. The summed E-state index contributed by atoms with van der Waals surface area (Å²) in [6.07, 6.45) is 0. The summed E-state index contributed by atoms with van der Waals surface area (Å²) in [5.74, 6) is -1.78. The number of nitro groups is 1. The summed E-state index contributed by atoms with van der Waals surface area (Å²) >= 11 is 0.893. The van der Waals surface area contributed by atoms with E-state index in [1.165, 1.54) is 24.3 Å². The van der Waals surface area contributed by atoms with Crippen LogP contribution < -0.4 is 10.1 Å². The van der Waals surface area contributed by atoms with E-state index in [4.69, 9.17) is 14.2 Å². The molecular formula is C19H20N2O8S. The zero-order chi connectivity index (χ0) is 22.3. The third kappa shape index (κ3) is 5.54. The van der Waals surface area contributed by atoms with Gasteiger partial charge in [0.1, 0.15) is 15.6 Å². The first kappa shape index (κ1) is 22.8. The Labute approximate surface area is 175 Å². The van der Waals surface area contributed by atoms with Crippen LogP contribution in [0.25, 0.3) is 0 Å². The molecular weight excluding hydrogens is 416 g/mol. The molecule has 1 aromatic heterocycles. The van der Waals surface area contributed by atoms with Crippen molar-refractivity contribution in [3.63, 3.8) is 0 Å². The number of anilines is 1. The third-order valence-electron chi connectivity index (χ3n) is 3.74. The molecule has 2 aromatic rings. The molecule has 30 heavy (non-hydrogen) atoms. The third-order valence-corrected chi connectivity index (χ3v) is 4.93. The van der Waals surface area contributed by atoms with E-state index in [1.54, 1.807) is 20.8 Å². The molecule has 0 saturated carbocycles. The lowest BCUT2D eigenvalue weighted by Crippen LogP contribution is -2.21. The number of nitrogens with one attached hydrogen (secondary N) is 1. The summed E-state index contributed by atoms with van der Waals surface area (Å²) in [6.45, 7) is 4.66. The number of thiophene rings is 1. The molecule has 0 unspecified atom stereocenters. The van der Waals surface area contributed by atoms with E-state index in [0.29, 0.717) is 5.56 Å². The van der Waals surface area contributed by atoms with Gasteiger partial charge in [-0.25, -0.2) is 9.59 Å². The molecule has 0 aliphatic carbocycles. The number of carbonyl (C=O) groups is 3. The van der Waals surface area contributed by atoms with E-state index in [9.17, 15) is 24.5 Å². The molecule has 0 spiro atoms. The number of rotatable bonds is 9. The lowest BCUT2D eigenvalue weighted by atomic mass is 10.1. The van der Waals surface area contributed by atoms with Crippen LogP contribution in [0.4, 0.5) is 10.7 Å². The van der Waals surface area contributed by atoms with Crippen LogP contribution in [0.1, 0.15) is 39.4 Å². The number of nitro benzene ring substituents is 1. The molecule has 0 aliphatic heterocycles. The molecule has 1 N–H and O–H groups in total. The van der Waals surface area contributed by atoms with E-state index in [1.807, 2.05) is 0 Å². The molecule has 1 aromatic carbocycles. The van der Waals surface area contributed by atoms with Gasteiger partial charge >= 0.3 is 11.9 Å². The van der Waals surface area contributed by atoms with Gasteiger partial charge in [-0.2, -0.15) is 0 Å². The van der Waals surface area contributed by atoms with Gasteiger partial charge in [0, 0.05) is 6.07 Å². The maximum absolute atomic E-state index is 12.3. The van der Waals surface area contributed by atoms with Gasteiger partial charge < -0.3 is 19.5 Å². The predicted molar refractivity (Wildman–Crippen MR) is 108 cm³/mol. The Morgan fingerprint density at radius 2 is 1.80 bits per heavy atom. The van der Waals surface area contributed by atoms with Crippen molar-refractivity contribution in [2.45, 2.75) is 20.8 Å². The van der Waals surface area contributed by atoms with Gasteiger partial charge in [-0.3, -0.25) is 14.9 Å². The van der Waals surface area contributed by atoms with Crippen LogP contribution in [-0.2, 0) is 14.3 Å². The van der Waals surface area contributed by atoms with Crippen molar-refractivity contribution >= 4 is 39.9 Å². The maximum atomic E-state index is 12.3. The minimum absolute atomic E-state index is 0.0635. The normalized spacial score (nSPS) is 10.2. The van der Waals surface area contributed by atoms with Crippen molar-refractivity contribution in [1.29, 1.82) is 0 Å². The van der Waals surface area contributed by atoms with Crippen LogP contribution in [0.2, 0.25) is 0 Å². The van der Waals surface area contributed by atoms with E-state index >= 15 is 0 Å². The molecule has 1 heterocycles. The smallest absolute Gasteiger partial charge is 0.348 e. The van der Waals surface area contributed by atoms with Gasteiger partial charge in [0.15, 0.2) is 6.61 Å². The summed E-state index contributed by atoms with van der Waals surface area (Å²) in [7, 11) is 0. The Morgan fingerprint density at radius 3 is 2.43 bits per heavy atom. The highest BCUT2D eigenvalue weighted by Crippen LogP contribution is 2.34. The first-order chi connectivity index (χ1) is 14.3. The second kappa shape index (κ2) is 10.3. The van der Waals surface area contributed by atoms with Crippen molar-refractivity contribution in [3.8, 4) is 5.75 Å². The highest BCUT2D eigenvalue weighted by atomic mass is 32.1. The average molecular weight is 436 g/mol. The highest BCUT2D eigenvalue weighted by Gasteiger charge is 2.27. The molecule has 2 rings (SSSR count). The maximum Gasteiger partial charge on any atom is 0.348 e. The number of hydrogen-bond donors (Lipinski definition) is 1. The molecule has 10 nitrogen and oxygen atoms in total. The second-order valence-electron chi connectivity index (χ2n) is 5.79. The molecule has 0 aliphatic rings. The van der Waals surface area contributed by atoms with Crippen LogP contribution in [0.5, 0.6) is 5.75 Å². The monoisotopic (exact) mass is 436 g/mol. The first-order valence-corrected chi connectivity index (χ1v) is 9.74. The highest BCUT2D eigenvalue weighted by molar-refractivity contribution is 7.18. The van der Waals surface area contributed by atoms with Crippen LogP contribution in [-0.4, -0.2) is 42.6 Å². The number of amides is 1. The fourth-order valence-electron chi connectivity index (χ4n) is 2.44. The van der Waals surface area contributed by atoms with Crippen molar-refractivity contribution in [2.24, 2.45) is 0 Å². The van der Waals surface area contributed by atoms with Crippen molar-refractivity contribution in [3.05, 3.63) is 50.4 Å². The first-order valence-electron chi connectivity index (χ1n) is 8.93. The fraction of sp³-hybridized carbons (Fsp3) is 0.316. The molecule has 11 heteroatoms. The zero-order valence-corrected chi connectivity index (χ0v) is 17.4. The van der Waals surface area contributed by atoms with E-state index in [0.717, 1.165) is 11.3 Å². The summed E-state index contributed by atoms with van der Waals surface area (Å²) in [5, 5.41) is 13.5. The quantitative estimate of drug-likeness (QED) is 0.359. The largest absolute Gasteiger partial charge is 0.484 e. The molecule has 160 valence electrons. The second-order valence-corrected chi connectivity index (χ2v) is 6.81. The van der Waals surface area contributed by atoms with E-state index in [-0.39, 0.29) is 40.1 Å². The molecule has 0 atom stereocenters. The fourth-order valence-corrected chi connectivity index (χ4v) is 3.55. The summed E-state index contributed by atoms with van der Waals surface area (Å²) in [6, 6.07) is 5.38. The standard InChI is InChI=1S/C19H20N2O8S/c1-4-27-18(23)15-11(3)16(19(24)28-5-2)30-17(15)20-14(22)10-29-13-8-6-7-12(9-13)21(25)26/h6-9H,4-5,10H2,1-3H3,(H,20,22). The molecule has 0 bridgehead atoms. The number of esters is 2. The summed E-state index contributed by atoms with van der Waals surface area (Å²) in [4.78, 5) is 47.2. The van der Waals surface area contributed by atoms with Crippen molar-refractivity contribution in [1.82, 2.24) is 0 Å². The number of non-ortho nitro benzene ring substituents is 1. The number of hydrogen-bond acceptors (Lipinski definition) is 9. The average Bonchev–Trinajstić information content (AvgIpc) is 3.03.